The minimum atomic E-state index is -0.808. The molecule has 2 saturated carbocycles. The van der Waals surface area contributed by atoms with Gasteiger partial charge in [0.2, 0.25) is 0 Å². The maximum Gasteiger partial charge on any atom is 0.123 e. The molecule has 2 aliphatic rings. The normalized spacial score (nSPS) is 35.2. The molecule has 0 spiro atoms. The third kappa shape index (κ3) is 3.96. The Bertz CT molecular complexity index is 496. The van der Waals surface area contributed by atoms with E-state index in [0.29, 0.717) is 0 Å². The number of rotatable bonds is 4. The zero-order valence-corrected chi connectivity index (χ0v) is 14.4. The van der Waals surface area contributed by atoms with Gasteiger partial charge in [0.15, 0.2) is 0 Å². The number of aliphatic hydroxyl groups is 1. The topological polar surface area (TPSA) is 20.2 Å². The van der Waals surface area contributed by atoms with E-state index in [-0.39, 0.29) is 5.82 Å². The van der Waals surface area contributed by atoms with Crippen LogP contribution in [0.1, 0.15) is 76.7 Å². The molecular weight excluding hydrogens is 287 g/mol. The van der Waals surface area contributed by atoms with Gasteiger partial charge in [-0.2, -0.15) is 0 Å². The van der Waals surface area contributed by atoms with Crippen molar-refractivity contribution in [1.82, 2.24) is 0 Å². The van der Waals surface area contributed by atoms with Gasteiger partial charge in [-0.05, 0) is 74.0 Å². The van der Waals surface area contributed by atoms with Gasteiger partial charge < -0.3 is 5.11 Å². The number of benzene rings is 1. The summed E-state index contributed by atoms with van der Waals surface area (Å²) in [6.45, 7) is 2.29. The molecule has 2 fully saturated rings. The standard InChI is InChI=1S/C21H31FO/c1-2-4-16-7-9-17(10-8-16)18-11-13-21(23,14-12-18)19-5-3-6-20(22)15-19/h3,5-6,15-18,23H,2,4,7-14H2,1H3/t16-,17-,18?,21?. The van der Waals surface area contributed by atoms with Gasteiger partial charge in [0.1, 0.15) is 5.82 Å². The van der Waals surface area contributed by atoms with E-state index in [4.69, 9.17) is 0 Å². The lowest BCUT2D eigenvalue weighted by Gasteiger charge is -2.41. The maximum atomic E-state index is 13.4. The zero-order chi connectivity index (χ0) is 16.3. The average Bonchev–Trinajstić information content (AvgIpc) is 2.57. The van der Waals surface area contributed by atoms with Crippen molar-refractivity contribution < 1.29 is 9.50 Å². The Kier molecular flexibility index (Phi) is 5.41. The Morgan fingerprint density at radius 3 is 2.30 bits per heavy atom. The van der Waals surface area contributed by atoms with Crippen molar-refractivity contribution in [2.75, 3.05) is 0 Å². The van der Waals surface area contributed by atoms with Crippen molar-refractivity contribution in [3.63, 3.8) is 0 Å². The first-order valence-electron chi connectivity index (χ1n) is 9.59. The van der Waals surface area contributed by atoms with Crippen LogP contribution in [0.15, 0.2) is 24.3 Å². The van der Waals surface area contributed by atoms with Gasteiger partial charge >= 0.3 is 0 Å². The van der Waals surface area contributed by atoms with E-state index in [0.717, 1.165) is 49.0 Å². The van der Waals surface area contributed by atoms with E-state index in [1.54, 1.807) is 6.07 Å². The summed E-state index contributed by atoms with van der Waals surface area (Å²) in [7, 11) is 0. The van der Waals surface area contributed by atoms with Gasteiger partial charge in [0, 0.05) is 0 Å². The SMILES string of the molecule is CCC[C@H]1CC[C@H](C2CCC(O)(c3cccc(F)c3)CC2)CC1. The second-order valence-electron chi connectivity index (χ2n) is 7.95. The van der Waals surface area contributed by atoms with Gasteiger partial charge in [-0.25, -0.2) is 4.39 Å². The number of hydrogen-bond donors (Lipinski definition) is 1. The molecule has 0 atom stereocenters. The third-order valence-corrected chi connectivity index (χ3v) is 6.47. The molecule has 3 rings (SSSR count). The number of hydrogen-bond acceptors (Lipinski definition) is 1. The van der Waals surface area contributed by atoms with Crippen molar-refractivity contribution in [3.8, 4) is 0 Å². The lowest BCUT2D eigenvalue weighted by atomic mass is 9.66. The molecular formula is C21H31FO. The molecule has 2 heteroatoms. The Morgan fingerprint density at radius 1 is 1.04 bits per heavy atom. The first-order valence-corrected chi connectivity index (χ1v) is 9.59. The monoisotopic (exact) mass is 318 g/mol. The molecule has 0 saturated heterocycles. The average molecular weight is 318 g/mol. The van der Waals surface area contributed by atoms with E-state index >= 15 is 0 Å². The zero-order valence-electron chi connectivity index (χ0n) is 14.4. The molecule has 0 bridgehead atoms. The summed E-state index contributed by atoms with van der Waals surface area (Å²) >= 11 is 0. The summed E-state index contributed by atoms with van der Waals surface area (Å²) in [5, 5.41) is 10.9. The smallest absolute Gasteiger partial charge is 0.123 e. The first kappa shape index (κ1) is 17.0. The van der Waals surface area contributed by atoms with Crippen molar-refractivity contribution in [2.45, 2.75) is 76.7 Å². The maximum absolute atomic E-state index is 13.4. The second-order valence-corrected chi connectivity index (χ2v) is 7.95. The molecule has 0 aliphatic heterocycles. The Labute approximate surface area is 140 Å². The molecule has 128 valence electrons. The van der Waals surface area contributed by atoms with E-state index in [1.165, 1.54) is 50.7 Å². The van der Waals surface area contributed by atoms with Gasteiger partial charge in [-0.1, -0.05) is 44.7 Å². The largest absolute Gasteiger partial charge is 0.385 e. The molecule has 0 heterocycles. The van der Waals surface area contributed by atoms with Crippen LogP contribution < -0.4 is 0 Å². The van der Waals surface area contributed by atoms with Crippen molar-refractivity contribution in [3.05, 3.63) is 35.6 Å². The minimum Gasteiger partial charge on any atom is -0.385 e. The lowest BCUT2D eigenvalue weighted by Crippen LogP contribution is -2.34. The van der Waals surface area contributed by atoms with Crippen LogP contribution in [0.25, 0.3) is 0 Å². The summed E-state index contributed by atoms with van der Waals surface area (Å²) in [6, 6.07) is 6.55. The molecule has 1 aromatic carbocycles. The number of halogens is 1. The van der Waals surface area contributed by atoms with E-state index < -0.39 is 5.60 Å². The van der Waals surface area contributed by atoms with Crippen LogP contribution >= 0.6 is 0 Å². The quantitative estimate of drug-likeness (QED) is 0.742. The van der Waals surface area contributed by atoms with Crippen molar-refractivity contribution in [2.24, 2.45) is 17.8 Å². The van der Waals surface area contributed by atoms with Crippen LogP contribution in [0.2, 0.25) is 0 Å². The summed E-state index contributed by atoms with van der Waals surface area (Å²) in [5.74, 6) is 2.35. The lowest BCUT2D eigenvalue weighted by molar-refractivity contribution is -0.0262. The predicted octanol–water partition coefficient (Wildman–Crippen LogP) is 5.81. The van der Waals surface area contributed by atoms with Crippen molar-refractivity contribution >= 4 is 0 Å². The van der Waals surface area contributed by atoms with Gasteiger partial charge in [0.05, 0.1) is 5.60 Å². The molecule has 0 amide bonds. The molecule has 0 radical (unpaired) electrons. The Hall–Kier alpha value is -0.890. The second kappa shape index (κ2) is 7.34. The van der Waals surface area contributed by atoms with Crippen LogP contribution in [0, 0.1) is 23.6 Å². The highest BCUT2D eigenvalue weighted by Crippen LogP contribution is 2.46. The fraction of sp³-hybridized carbons (Fsp3) is 0.714. The van der Waals surface area contributed by atoms with Crippen LogP contribution in [0.4, 0.5) is 4.39 Å². The summed E-state index contributed by atoms with van der Waals surface area (Å²) in [6.07, 6.45) is 12.1. The van der Waals surface area contributed by atoms with Crippen molar-refractivity contribution in [1.29, 1.82) is 0 Å². The summed E-state index contributed by atoms with van der Waals surface area (Å²) < 4.78 is 13.4. The van der Waals surface area contributed by atoms with Gasteiger partial charge in [0.25, 0.3) is 0 Å². The van der Waals surface area contributed by atoms with Crippen LogP contribution in [-0.4, -0.2) is 5.11 Å². The highest BCUT2D eigenvalue weighted by atomic mass is 19.1. The first-order chi connectivity index (χ1) is 11.1. The fourth-order valence-corrected chi connectivity index (χ4v) is 5.01. The highest BCUT2D eigenvalue weighted by Gasteiger charge is 2.38. The minimum absolute atomic E-state index is 0.243. The molecule has 1 aromatic rings. The molecule has 23 heavy (non-hydrogen) atoms. The third-order valence-electron chi connectivity index (χ3n) is 6.47. The van der Waals surface area contributed by atoms with Gasteiger partial charge in [-0.15, -0.1) is 0 Å². The molecule has 0 aromatic heterocycles. The predicted molar refractivity (Wildman–Crippen MR) is 92.6 cm³/mol. The van der Waals surface area contributed by atoms with Gasteiger partial charge in [-0.3, -0.25) is 0 Å². The van der Waals surface area contributed by atoms with Crippen LogP contribution in [0.5, 0.6) is 0 Å². The van der Waals surface area contributed by atoms with E-state index in [1.807, 2.05) is 6.07 Å². The summed E-state index contributed by atoms with van der Waals surface area (Å²) in [5.41, 5.74) is -0.0412. The molecule has 1 nitrogen and oxygen atoms in total. The van der Waals surface area contributed by atoms with E-state index in [2.05, 4.69) is 6.92 Å². The Morgan fingerprint density at radius 2 is 1.70 bits per heavy atom. The molecule has 2 aliphatic carbocycles. The fourth-order valence-electron chi connectivity index (χ4n) is 5.01. The molecule has 0 unspecified atom stereocenters. The Balaban J connectivity index is 1.54. The highest BCUT2D eigenvalue weighted by molar-refractivity contribution is 5.23. The molecule has 1 N–H and O–H groups in total. The van der Waals surface area contributed by atoms with Crippen LogP contribution in [-0.2, 0) is 5.60 Å². The van der Waals surface area contributed by atoms with E-state index in [9.17, 15) is 9.50 Å². The van der Waals surface area contributed by atoms with Crippen LogP contribution in [0.3, 0.4) is 0 Å². The summed E-state index contributed by atoms with van der Waals surface area (Å²) in [4.78, 5) is 0.